The predicted molar refractivity (Wildman–Crippen MR) is 163 cm³/mol. The largest absolute Gasteiger partial charge is 0.352 e. The molecule has 0 radical (unpaired) electrons. The van der Waals surface area contributed by atoms with Gasteiger partial charge in [-0.25, -0.2) is 8.42 Å². The molecule has 0 saturated heterocycles. The van der Waals surface area contributed by atoms with E-state index < -0.39 is 28.5 Å². The summed E-state index contributed by atoms with van der Waals surface area (Å²) in [6.07, 6.45) is 5.84. The predicted octanol–water partition coefficient (Wildman–Crippen LogP) is 5.35. The Morgan fingerprint density at radius 3 is 2.05 bits per heavy atom. The SMILES string of the molecule is CCc1ccc(N(CC(=O)N(CCc2ccccc2)[C@@H](CC)C(=O)NC2CCCC2)S(=O)(=O)c2ccccc2)cc1. The maximum atomic E-state index is 14.1. The summed E-state index contributed by atoms with van der Waals surface area (Å²) in [5, 5.41) is 3.15. The molecule has 0 spiro atoms. The van der Waals surface area contributed by atoms with Crippen molar-refractivity contribution < 1.29 is 18.0 Å². The van der Waals surface area contributed by atoms with E-state index in [-0.39, 0.29) is 16.8 Å². The Labute approximate surface area is 244 Å². The van der Waals surface area contributed by atoms with Crippen LogP contribution in [0.3, 0.4) is 0 Å². The summed E-state index contributed by atoms with van der Waals surface area (Å²) >= 11 is 0. The summed E-state index contributed by atoms with van der Waals surface area (Å²) < 4.78 is 29.0. The van der Waals surface area contributed by atoms with Gasteiger partial charge in [0.2, 0.25) is 11.8 Å². The van der Waals surface area contributed by atoms with Crippen LogP contribution in [0, 0.1) is 0 Å². The van der Waals surface area contributed by atoms with Gasteiger partial charge in [0.15, 0.2) is 0 Å². The van der Waals surface area contributed by atoms with Crippen LogP contribution in [0.2, 0.25) is 0 Å². The standard InChI is InChI=1S/C33H41N3O4S/c1-3-26-19-21-29(22-20-26)36(41(39,40)30-17-9-6-10-18-30)25-32(37)35(24-23-27-13-7-5-8-14-27)31(4-2)33(38)34-28-15-11-12-16-28/h5-10,13-14,17-22,28,31H,3-4,11-12,15-16,23-25H2,1-2H3,(H,34,38)/t31-/m0/s1. The zero-order valence-electron chi connectivity index (χ0n) is 24.0. The fraction of sp³-hybridized carbons (Fsp3) is 0.394. The first-order valence-electron chi connectivity index (χ1n) is 14.6. The molecule has 0 bridgehead atoms. The van der Waals surface area contributed by atoms with Gasteiger partial charge in [-0.15, -0.1) is 0 Å². The van der Waals surface area contributed by atoms with Gasteiger partial charge in [0.1, 0.15) is 12.6 Å². The van der Waals surface area contributed by atoms with E-state index in [1.807, 2.05) is 56.3 Å². The second-order valence-corrected chi connectivity index (χ2v) is 12.4. The summed E-state index contributed by atoms with van der Waals surface area (Å²) in [6.45, 7) is 3.81. The minimum Gasteiger partial charge on any atom is -0.352 e. The van der Waals surface area contributed by atoms with E-state index >= 15 is 0 Å². The highest BCUT2D eigenvalue weighted by molar-refractivity contribution is 7.92. The molecule has 0 aliphatic heterocycles. The molecule has 1 saturated carbocycles. The molecular weight excluding hydrogens is 534 g/mol. The first kappa shape index (κ1) is 30.3. The Morgan fingerprint density at radius 1 is 0.854 bits per heavy atom. The van der Waals surface area contributed by atoms with E-state index in [1.165, 1.54) is 16.4 Å². The van der Waals surface area contributed by atoms with Crippen LogP contribution < -0.4 is 9.62 Å². The Bertz CT molecular complexity index is 1370. The number of anilines is 1. The molecule has 1 N–H and O–H groups in total. The molecule has 4 rings (SSSR count). The lowest BCUT2D eigenvalue weighted by Crippen LogP contribution is -2.54. The number of sulfonamides is 1. The molecule has 1 aliphatic carbocycles. The highest BCUT2D eigenvalue weighted by Gasteiger charge is 2.34. The number of nitrogens with one attached hydrogen (secondary N) is 1. The van der Waals surface area contributed by atoms with Crippen molar-refractivity contribution in [1.29, 1.82) is 0 Å². The molecule has 41 heavy (non-hydrogen) atoms. The average molecular weight is 576 g/mol. The molecule has 7 nitrogen and oxygen atoms in total. The van der Waals surface area contributed by atoms with Gasteiger partial charge in [-0.2, -0.15) is 0 Å². The Balaban J connectivity index is 1.66. The van der Waals surface area contributed by atoms with Gasteiger partial charge < -0.3 is 10.2 Å². The molecular formula is C33H41N3O4S. The van der Waals surface area contributed by atoms with Gasteiger partial charge in [-0.1, -0.05) is 87.4 Å². The molecule has 1 fully saturated rings. The van der Waals surface area contributed by atoms with E-state index in [0.29, 0.717) is 25.1 Å². The van der Waals surface area contributed by atoms with Crippen LogP contribution in [0.1, 0.15) is 57.1 Å². The third kappa shape index (κ3) is 7.76. The molecule has 0 heterocycles. The first-order valence-corrected chi connectivity index (χ1v) is 16.1. The van der Waals surface area contributed by atoms with Crippen LogP contribution in [0.4, 0.5) is 5.69 Å². The van der Waals surface area contributed by atoms with Crippen molar-refractivity contribution in [3.05, 3.63) is 96.1 Å². The van der Waals surface area contributed by atoms with Gasteiger partial charge in [0, 0.05) is 12.6 Å². The number of nitrogens with zero attached hydrogens (tertiary/aromatic N) is 2. The molecule has 1 aliphatic rings. The molecule has 8 heteroatoms. The third-order valence-electron chi connectivity index (χ3n) is 7.81. The highest BCUT2D eigenvalue weighted by atomic mass is 32.2. The monoisotopic (exact) mass is 575 g/mol. The molecule has 3 aromatic carbocycles. The lowest BCUT2D eigenvalue weighted by atomic mass is 10.1. The number of amides is 2. The van der Waals surface area contributed by atoms with E-state index in [2.05, 4.69) is 5.32 Å². The number of carbonyl (C=O) groups is 2. The Kier molecular flexibility index (Phi) is 10.6. The van der Waals surface area contributed by atoms with E-state index in [9.17, 15) is 18.0 Å². The zero-order valence-corrected chi connectivity index (χ0v) is 24.9. The fourth-order valence-corrected chi connectivity index (χ4v) is 6.84. The van der Waals surface area contributed by atoms with E-state index in [0.717, 1.165) is 43.2 Å². The topological polar surface area (TPSA) is 86.8 Å². The van der Waals surface area contributed by atoms with Crippen molar-refractivity contribution >= 4 is 27.5 Å². The van der Waals surface area contributed by atoms with Crippen molar-refractivity contribution in [2.45, 2.75) is 75.8 Å². The van der Waals surface area contributed by atoms with Crippen molar-refractivity contribution in [2.24, 2.45) is 0 Å². The number of benzene rings is 3. The second kappa shape index (κ2) is 14.3. The molecule has 1 atom stereocenters. The molecule has 0 aromatic heterocycles. The third-order valence-corrected chi connectivity index (χ3v) is 9.60. The maximum Gasteiger partial charge on any atom is 0.264 e. The number of carbonyl (C=O) groups excluding carboxylic acids is 2. The lowest BCUT2D eigenvalue weighted by Gasteiger charge is -2.33. The molecule has 3 aromatic rings. The van der Waals surface area contributed by atoms with Crippen LogP contribution in [0.5, 0.6) is 0 Å². The van der Waals surface area contributed by atoms with Crippen LogP contribution >= 0.6 is 0 Å². The lowest BCUT2D eigenvalue weighted by molar-refractivity contribution is -0.139. The minimum atomic E-state index is -4.06. The summed E-state index contributed by atoms with van der Waals surface area (Å²) in [5.41, 5.74) is 2.52. The number of hydrogen-bond acceptors (Lipinski definition) is 4. The summed E-state index contributed by atoms with van der Waals surface area (Å²) in [5.74, 6) is -0.584. The van der Waals surface area contributed by atoms with Crippen LogP contribution in [-0.2, 0) is 32.5 Å². The van der Waals surface area contributed by atoms with Gasteiger partial charge in [-0.3, -0.25) is 13.9 Å². The zero-order chi connectivity index (χ0) is 29.2. The van der Waals surface area contributed by atoms with Crippen LogP contribution in [0.25, 0.3) is 0 Å². The quantitative estimate of drug-likeness (QED) is 0.298. The number of aryl methyl sites for hydroxylation is 1. The molecule has 0 unspecified atom stereocenters. The van der Waals surface area contributed by atoms with Crippen LogP contribution in [0.15, 0.2) is 89.8 Å². The summed E-state index contributed by atoms with van der Waals surface area (Å²) in [6, 6.07) is 24.6. The van der Waals surface area contributed by atoms with Crippen LogP contribution in [-0.4, -0.2) is 50.3 Å². The van der Waals surface area contributed by atoms with Crippen molar-refractivity contribution in [3.63, 3.8) is 0 Å². The van der Waals surface area contributed by atoms with Gasteiger partial charge in [0.05, 0.1) is 10.6 Å². The average Bonchev–Trinajstić information content (AvgIpc) is 3.51. The Morgan fingerprint density at radius 2 is 1.46 bits per heavy atom. The van der Waals surface area contributed by atoms with E-state index in [4.69, 9.17) is 0 Å². The normalized spacial score (nSPS) is 14.4. The summed E-state index contributed by atoms with van der Waals surface area (Å²) in [7, 11) is -4.06. The summed E-state index contributed by atoms with van der Waals surface area (Å²) in [4.78, 5) is 29.3. The van der Waals surface area contributed by atoms with Crippen molar-refractivity contribution in [2.75, 3.05) is 17.4 Å². The van der Waals surface area contributed by atoms with Gasteiger partial charge >= 0.3 is 0 Å². The first-order chi connectivity index (χ1) is 19.8. The molecule has 2 amide bonds. The fourth-order valence-electron chi connectivity index (χ4n) is 5.41. The van der Waals surface area contributed by atoms with Crippen molar-refractivity contribution in [1.82, 2.24) is 10.2 Å². The molecule has 218 valence electrons. The smallest absolute Gasteiger partial charge is 0.264 e. The Hall–Kier alpha value is -3.65. The number of rotatable bonds is 13. The highest BCUT2D eigenvalue weighted by Crippen LogP contribution is 2.25. The minimum absolute atomic E-state index is 0.106. The number of hydrogen-bond donors (Lipinski definition) is 1. The maximum absolute atomic E-state index is 14.1. The van der Waals surface area contributed by atoms with Crippen molar-refractivity contribution in [3.8, 4) is 0 Å². The second-order valence-electron chi connectivity index (χ2n) is 10.6. The van der Waals surface area contributed by atoms with Gasteiger partial charge in [0.25, 0.3) is 10.0 Å². The van der Waals surface area contributed by atoms with Gasteiger partial charge in [-0.05, 0) is 67.5 Å². The van der Waals surface area contributed by atoms with E-state index in [1.54, 1.807) is 35.2 Å².